The van der Waals surface area contributed by atoms with Gasteiger partial charge in [-0.2, -0.15) is 0 Å². The highest BCUT2D eigenvalue weighted by Gasteiger charge is 2.00. The molecule has 0 radical (unpaired) electrons. The molecular weight excluding hydrogens is 265 g/mol. The Balaban J connectivity index is 1.91. The summed E-state index contributed by atoms with van der Waals surface area (Å²) >= 11 is 0. The lowest BCUT2D eigenvalue weighted by Gasteiger charge is -2.07. The average molecular weight is 285 g/mol. The van der Waals surface area contributed by atoms with Crippen molar-refractivity contribution < 1.29 is 4.39 Å². The predicted octanol–water partition coefficient (Wildman–Crippen LogP) is 3.36. The lowest BCUT2D eigenvalue weighted by atomic mass is 10.1. The highest BCUT2D eigenvalue weighted by molar-refractivity contribution is 5.92. The number of nitrogens with two attached hydrogens (primary N) is 1. The van der Waals surface area contributed by atoms with E-state index in [0.717, 1.165) is 12.1 Å². The van der Waals surface area contributed by atoms with Gasteiger partial charge in [0.1, 0.15) is 5.82 Å². The van der Waals surface area contributed by atoms with E-state index in [-0.39, 0.29) is 5.82 Å². The van der Waals surface area contributed by atoms with E-state index in [9.17, 15) is 4.39 Å². The van der Waals surface area contributed by atoms with Crippen molar-refractivity contribution in [3.63, 3.8) is 0 Å². The minimum atomic E-state index is -0.199. The molecule has 0 heterocycles. The highest BCUT2D eigenvalue weighted by Crippen LogP contribution is 2.11. The first-order valence-electron chi connectivity index (χ1n) is 7.08. The second-order valence-corrected chi connectivity index (χ2v) is 4.79. The highest BCUT2D eigenvalue weighted by atomic mass is 19.1. The van der Waals surface area contributed by atoms with Crippen LogP contribution in [-0.4, -0.2) is 12.5 Å². The Hall–Kier alpha value is -2.36. The van der Waals surface area contributed by atoms with Gasteiger partial charge < -0.3 is 11.1 Å². The van der Waals surface area contributed by atoms with E-state index >= 15 is 0 Å². The first-order chi connectivity index (χ1) is 10.2. The maximum Gasteiger partial charge on any atom is 0.193 e. The molecule has 2 aromatic carbocycles. The van der Waals surface area contributed by atoms with Gasteiger partial charge in [-0.25, -0.2) is 4.39 Å². The molecule has 0 atom stereocenters. The molecule has 0 aliphatic carbocycles. The van der Waals surface area contributed by atoms with E-state index in [2.05, 4.69) is 23.3 Å². The zero-order valence-electron chi connectivity index (χ0n) is 12.1. The summed E-state index contributed by atoms with van der Waals surface area (Å²) in [5.74, 6) is 0.148. The average Bonchev–Trinajstić information content (AvgIpc) is 2.49. The Kier molecular flexibility index (Phi) is 5.32. The molecule has 2 aromatic rings. The van der Waals surface area contributed by atoms with Crippen molar-refractivity contribution in [3.8, 4) is 0 Å². The molecule has 0 fully saturated rings. The molecule has 0 aliphatic rings. The minimum Gasteiger partial charge on any atom is -0.370 e. The van der Waals surface area contributed by atoms with Crippen LogP contribution in [0.15, 0.2) is 53.5 Å². The van der Waals surface area contributed by atoms with Crippen molar-refractivity contribution in [2.75, 3.05) is 11.9 Å². The molecule has 2 rings (SSSR count). The Labute approximate surface area is 124 Å². The normalized spacial score (nSPS) is 11.4. The van der Waals surface area contributed by atoms with Gasteiger partial charge in [0.05, 0.1) is 0 Å². The summed E-state index contributed by atoms with van der Waals surface area (Å²) in [7, 11) is 0. The van der Waals surface area contributed by atoms with Gasteiger partial charge in [0.25, 0.3) is 0 Å². The van der Waals surface area contributed by atoms with Gasteiger partial charge in [0, 0.05) is 12.2 Å². The summed E-state index contributed by atoms with van der Waals surface area (Å²) in [5, 5.41) is 3.05. The van der Waals surface area contributed by atoms with E-state index < -0.39 is 0 Å². The number of benzene rings is 2. The number of aryl methyl sites for hydroxylation is 1. The summed E-state index contributed by atoms with van der Waals surface area (Å²) < 4.78 is 13.4. The molecule has 21 heavy (non-hydrogen) atoms. The van der Waals surface area contributed by atoms with Crippen molar-refractivity contribution in [2.24, 2.45) is 10.7 Å². The van der Waals surface area contributed by atoms with Crippen LogP contribution in [0, 0.1) is 5.82 Å². The second-order valence-electron chi connectivity index (χ2n) is 4.79. The van der Waals surface area contributed by atoms with Crippen LogP contribution >= 0.6 is 0 Å². The number of aliphatic imine (C=N–C) groups is 1. The molecule has 0 aromatic heterocycles. The van der Waals surface area contributed by atoms with Crippen LogP contribution in [0.25, 0.3) is 0 Å². The molecular formula is C17H20FN3. The standard InChI is InChI=1S/C17H20FN3/c1-2-13-6-5-8-15(12-13)21-17(19)20-11-10-14-7-3-4-9-16(14)18/h3-9,12H,2,10-11H2,1H3,(H3,19,20,21). The molecule has 0 bridgehead atoms. The van der Waals surface area contributed by atoms with Crippen molar-refractivity contribution in [1.29, 1.82) is 0 Å². The number of halogens is 1. The predicted molar refractivity (Wildman–Crippen MR) is 86.0 cm³/mol. The molecule has 0 amide bonds. The van der Waals surface area contributed by atoms with Gasteiger partial charge in [0.15, 0.2) is 5.96 Å². The Morgan fingerprint density at radius 1 is 1.19 bits per heavy atom. The van der Waals surface area contributed by atoms with E-state index in [1.165, 1.54) is 11.6 Å². The van der Waals surface area contributed by atoms with Gasteiger partial charge in [-0.15, -0.1) is 0 Å². The minimum absolute atomic E-state index is 0.199. The van der Waals surface area contributed by atoms with Crippen molar-refractivity contribution >= 4 is 11.6 Å². The molecule has 0 spiro atoms. The third kappa shape index (κ3) is 4.60. The SMILES string of the molecule is CCc1cccc(NC(N)=NCCc2ccccc2F)c1. The van der Waals surface area contributed by atoms with Crippen LogP contribution in [0.4, 0.5) is 10.1 Å². The fourth-order valence-electron chi connectivity index (χ4n) is 2.05. The number of nitrogens with one attached hydrogen (secondary N) is 1. The second kappa shape index (κ2) is 7.43. The zero-order valence-corrected chi connectivity index (χ0v) is 12.1. The molecule has 3 N–H and O–H groups in total. The first kappa shape index (κ1) is 15.0. The molecule has 0 aliphatic heterocycles. The number of anilines is 1. The van der Waals surface area contributed by atoms with Gasteiger partial charge in [-0.1, -0.05) is 37.3 Å². The van der Waals surface area contributed by atoms with Gasteiger partial charge >= 0.3 is 0 Å². The van der Waals surface area contributed by atoms with Gasteiger partial charge in [-0.05, 0) is 42.2 Å². The van der Waals surface area contributed by atoms with E-state index in [4.69, 9.17) is 5.73 Å². The van der Waals surface area contributed by atoms with Crippen molar-refractivity contribution in [2.45, 2.75) is 19.8 Å². The van der Waals surface area contributed by atoms with Crippen LogP contribution in [0.2, 0.25) is 0 Å². The summed E-state index contributed by atoms with van der Waals surface area (Å²) in [6, 6.07) is 14.7. The Morgan fingerprint density at radius 3 is 2.76 bits per heavy atom. The third-order valence-electron chi connectivity index (χ3n) is 3.23. The smallest absolute Gasteiger partial charge is 0.193 e. The fraction of sp³-hybridized carbons (Fsp3) is 0.235. The zero-order chi connectivity index (χ0) is 15.1. The van der Waals surface area contributed by atoms with Crippen LogP contribution < -0.4 is 11.1 Å². The van der Waals surface area contributed by atoms with Gasteiger partial charge in [-0.3, -0.25) is 4.99 Å². The third-order valence-corrected chi connectivity index (χ3v) is 3.23. The number of hydrogen-bond acceptors (Lipinski definition) is 1. The molecule has 110 valence electrons. The number of rotatable bonds is 5. The molecule has 0 saturated heterocycles. The number of hydrogen-bond donors (Lipinski definition) is 2. The van der Waals surface area contributed by atoms with Crippen molar-refractivity contribution in [1.82, 2.24) is 0 Å². The van der Waals surface area contributed by atoms with E-state index in [1.54, 1.807) is 12.1 Å². The van der Waals surface area contributed by atoms with E-state index in [0.29, 0.717) is 24.5 Å². The maximum atomic E-state index is 13.4. The maximum absolute atomic E-state index is 13.4. The summed E-state index contributed by atoms with van der Waals surface area (Å²) in [6.45, 7) is 2.55. The molecule has 4 heteroatoms. The quantitative estimate of drug-likeness (QED) is 0.654. The van der Waals surface area contributed by atoms with Crippen LogP contribution in [0.1, 0.15) is 18.1 Å². The fourth-order valence-corrected chi connectivity index (χ4v) is 2.05. The topological polar surface area (TPSA) is 50.4 Å². The number of nitrogens with zero attached hydrogens (tertiary/aromatic N) is 1. The first-order valence-corrected chi connectivity index (χ1v) is 7.08. The summed E-state index contributed by atoms with van der Waals surface area (Å²) in [5.41, 5.74) is 8.65. The van der Waals surface area contributed by atoms with Gasteiger partial charge in [0.2, 0.25) is 0 Å². The van der Waals surface area contributed by atoms with Crippen LogP contribution in [0.5, 0.6) is 0 Å². The Morgan fingerprint density at radius 2 is 2.00 bits per heavy atom. The summed E-state index contributed by atoms with van der Waals surface area (Å²) in [4.78, 5) is 4.23. The number of guanidine groups is 1. The van der Waals surface area contributed by atoms with Crippen LogP contribution in [-0.2, 0) is 12.8 Å². The van der Waals surface area contributed by atoms with E-state index in [1.807, 2.05) is 24.3 Å². The summed E-state index contributed by atoms with van der Waals surface area (Å²) in [6.07, 6.45) is 1.50. The molecule has 0 saturated carbocycles. The lowest BCUT2D eigenvalue weighted by molar-refractivity contribution is 0.609. The molecule has 0 unspecified atom stereocenters. The largest absolute Gasteiger partial charge is 0.370 e. The Bertz CT molecular complexity index is 623. The lowest BCUT2D eigenvalue weighted by Crippen LogP contribution is -2.23. The van der Waals surface area contributed by atoms with Crippen molar-refractivity contribution in [3.05, 3.63) is 65.5 Å². The monoisotopic (exact) mass is 285 g/mol. The van der Waals surface area contributed by atoms with Crippen LogP contribution in [0.3, 0.4) is 0 Å². The molecule has 3 nitrogen and oxygen atoms in total.